The summed E-state index contributed by atoms with van der Waals surface area (Å²) in [6.45, 7) is 4.08. The number of benzene rings is 1. The maximum absolute atomic E-state index is 12.3. The Hall–Kier alpha value is -2.23. The normalized spacial score (nSPS) is 12.4. The summed E-state index contributed by atoms with van der Waals surface area (Å²) < 4.78 is 6.38. The van der Waals surface area contributed by atoms with Crippen LogP contribution < -0.4 is 5.32 Å². The lowest BCUT2D eigenvalue weighted by Gasteiger charge is -2.17. The topological polar surface area (TPSA) is 77.0 Å². The molecule has 30 heavy (non-hydrogen) atoms. The zero-order valence-corrected chi connectivity index (χ0v) is 19.4. The fourth-order valence-electron chi connectivity index (χ4n) is 3.27. The van der Waals surface area contributed by atoms with Gasteiger partial charge in [-0.05, 0) is 50.0 Å². The van der Waals surface area contributed by atoms with Crippen LogP contribution in [0.25, 0.3) is 20.4 Å². The number of esters is 1. The second kappa shape index (κ2) is 9.28. The number of ether oxygens (including phenoxy) is 1. The van der Waals surface area contributed by atoms with Gasteiger partial charge >= 0.3 is 5.97 Å². The predicted octanol–water partition coefficient (Wildman–Crippen LogP) is 5.69. The number of carbonyl (C=O) groups is 1. The van der Waals surface area contributed by atoms with E-state index in [1.165, 1.54) is 16.0 Å². The van der Waals surface area contributed by atoms with Gasteiger partial charge in [0, 0.05) is 0 Å². The molecule has 0 aliphatic rings. The molecule has 0 saturated heterocycles. The Bertz CT molecular complexity index is 1150. The summed E-state index contributed by atoms with van der Waals surface area (Å²) in [5.41, 5.74) is 1.86. The lowest BCUT2D eigenvalue weighted by Crippen LogP contribution is -2.13. The van der Waals surface area contributed by atoms with Gasteiger partial charge in [0.1, 0.15) is 26.9 Å². The van der Waals surface area contributed by atoms with Crippen molar-refractivity contribution in [3.05, 3.63) is 46.0 Å². The monoisotopic (exact) mass is 458 g/mol. The zero-order valence-electron chi connectivity index (χ0n) is 17.0. The van der Waals surface area contributed by atoms with Crippen LogP contribution >= 0.6 is 34.4 Å². The molecular weight excluding hydrogens is 436 g/mol. The largest absolute Gasteiger partial charge is 0.462 e. The van der Waals surface area contributed by atoms with Crippen molar-refractivity contribution >= 4 is 66.7 Å². The summed E-state index contributed by atoms with van der Waals surface area (Å²) in [6.07, 6.45) is 4.56. The number of rotatable bonds is 8. The maximum atomic E-state index is 12.3. The number of aromatic nitrogens is 3. The number of hydrogen-bond acceptors (Lipinski definition) is 9. The van der Waals surface area contributed by atoms with Crippen LogP contribution in [0.3, 0.4) is 0 Å². The number of thiophene rings is 1. The highest BCUT2D eigenvalue weighted by Gasteiger charge is 2.23. The highest BCUT2D eigenvalue weighted by molar-refractivity contribution is 7.98. The first kappa shape index (κ1) is 21.0. The summed E-state index contributed by atoms with van der Waals surface area (Å²) in [6, 6.07) is 8.21. The fraction of sp³-hybridized carbons (Fsp3) is 0.333. The summed E-state index contributed by atoms with van der Waals surface area (Å²) in [7, 11) is 0. The van der Waals surface area contributed by atoms with E-state index in [2.05, 4.69) is 27.6 Å². The van der Waals surface area contributed by atoms with Gasteiger partial charge in [-0.1, -0.05) is 12.1 Å². The summed E-state index contributed by atoms with van der Waals surface area (Å²) in [5, 5.41) is 5.51. The molecule has 4 aromatic rings. The lowest BCUT2D eigenvalue weighted by molar-refractivity contribution is 0.0531. The van der Waals surface area contributed by atoms with E-state index in [0.29, 0.717) is 11.5 Å². The van der Waals surface area contributed by atoms with E-state index in [-0.39, 0.29) is 12.0 Å². The molecule has 0 radical (unpaired) electrons. The SMILES string of the molecule is CCOC(=O)c1sc2ncnc(NC(CCSC)c3nc4ccccc4s3)c2c1C. The molecule has 9 heteroatoms. The molecule has 0 aliphatic carbocycles. The minimum Gasteiger partial charge on any atom is -0.462 e. The number of thioether (sulfide) groups is 1. The summed E-state index contributed by atoms with van der Waals surface area (Å²) in [4.78, 5) is 27.5. The number of para-hydroxylation sites is 1. The van der Waals surface area contributed by atoms with Gasteiger partial charge in [-0.3, -0.25) is 0 Å². The van der Waals surface area contributed by atoms with Crippen LogP contribution in [0.1, 0.15) is 39.6 Å². The average molecular weight is 459 g/mol. The van der Waals surface area contributed by atoms with E-state index >= 15 is 0 Å². The molecule has 1 atom stereocenters. The molecule has 1 N–H and O–H groups in total. The van der Waals surface area contributed by atoms with Gasteiger partial charge < -0.3 is 10.1 Å². The second-order valence-corrected chi connectivity index (χ2v) is 9.72. The van der Waals surface area contributed by atoms with Gasteiger partial charge in [-0.15, -0.1) is 22.7 Å². The Morgan fingerprint density at radius 2 is 2.10 bits per heavy atom. The number of aryl methyl sites for hydroxylation is 1. The Morgan fingerprint density at radius 3 is 2.87 bits per heavy atom. The number of nitrogens with zero attached hydrogens (tertiary/aromatic N) is 3. The van der Waals surface area contributed by atoms with Gasteiger partial charge in [0.05, 0.1) is 28.3 Å². The Kier molecular flexibility index (Phi) is 6.50. The average Bonchev–Trinajstić information content (AvgIpc) is 3.33. The van der Waals surface area contributed by atoms with Gasteiger partial charge in [-0.25, -0.2) is 19.7 Å². The fourth-order valence-corrected chi connectivity index (χ4v) is 5.84. The molecule has 0 aliphatic heterocycles. The van der Waals surface area contributed by atoms with Crippen molar-refractivity contribution in [1.29, 1.82) is 0 Å². The maximum Gasteiger partial charge on any atom is 0.348 e. The molecule has 0 bridgehead atoms. The number of carbonyl (C=O) groups excluding carboxylic acids is 1. The summed E-state index contributed by atoms with van der Waals surface area (Å²) >= 11 is 4.86. The third-order valence-corrected chi connectivity index (χ3v) is 7.69. The molecule has 0 saturated carbocycles. The van der Waals surface area contributed by atoms with E-state index in [0.717, 1.165) is 44.3 Å². The third kappa shape index (κ3) is 4.14. The van der Waals surface area contributed by atoms with Crippen molar-refractivity contribution < 1.29 is 9.53 Å². The predicted molar refractivity (Wildman–Crippen MR) is 127 cm³/mol. The lowest BCUT2D eigenvalue weighted by atomic mass is 10.1. The standard InChI is InChI=1S/C21H22N4O2S3/c1-4-27-21(26)17-12(2)16-18(22-11-23-20(16)30-17)24-14(9-10-28-3)19-25-13-7-5-6-8-15(13)29-19/h5-8,11,14H,4,9-10H2,1-3H3,(H,22,23,24). The Morgan fingerprint density at radius 1 is 1.27 bits per heavy atom. The van der Waals surface area contributed by atoms with Gasteiger partial charge in [0.25, 0.3) is 0 Å². The second-order valence-electron chi connectivity index (χ2n) is 6.68. The molecule has 0 spiro atoms. The van der Waals surface area contributed by atoms with E-state index in [4.69, 9.17) is 9.72 Å². The van der Waals surface area contributed by atoms with Gasteiger partial charge in [0.2, 0.25) is 0 Å². The number of thiazole rings is 1. The van der Waals surface area contributed by atoms with Crippen LogP contribution in [0.2, 0.25) is 0 Å². The molecule has 0 fully saturated rings. The Labute approximate surface area is 187 Å². The number of hydrogen-bond donors (Lipinski definition) is 1. The van der Waals surface area contributed by atoms with E-state index in [1.807, 2.05) is 43.8 Å². The first-order valence-corrected chi connectivity index (χ1v) is 12.7. The molecule has 1 unspecified atom stereocenters. The van der Waals surface area contributed by atoms with Gasteiger partial charge in [-0.2, -0.15) is 11.8 Å². The van der Waals surface area contributed by atoms with E-state index in [1.54, 1.807) is 17.7 Å². The molecule has 3 heterocycles. The molecular formula is C21H22N4O2S3. The summed E-state index contributed by atoms with van der Waals surface area (Å²) in [5.74, 6) is 1.42. The number of fused-ring (bicyclic) bond motifs is 2. The first-order chi connectivity index (χ1) is 14.6. The number of anilines is 1. The highest BCUT2D eigenvalue weighted by atomic mass is 32.2. The van der Waals surface area contributed by atoms with Gasteiger partial charge in [0.15, 0.2) is 0 Å². The van der Waals surface area contributed by atoms with Crippen molar-refractivity contribution in [2.45, 2.75) is 26.3 Å². The van der Waals surface area contributed by atoms with Crippen LogP contribution in [0.15, 0.2) is 30.6 Å². The van der Waals surface area contributed by atoms with Crippen molar-refractivity contribution in [2.75, 3.05) is 23.9 Å². The third-order valence-electron chi connectivity index (χ3n) is 4.72. The highest BCUT2D eigenvalue weighted by Crippen LogP contribution is 2.37. The molecule has 4 rings (SSSR count). The molecule has 6 nitrogen and oxygen atoms in total. The number of nitrogens with one attached hydrogen (secondary N) is 1. The van der Waals surface area contributed by atoms with Crippen LogP contribution in [0.5, 0.6) is 0 Å². The van der Waals surface area contributed by atoms with Crippen LogP contribution in [0.4, 0.5) is 5.82 Å². The van der Waals surface area contributed by atoms with Crippen LogP contribution in [-0.2, 0) is 4.74 Å². The van der Waals surface area contributed by atoms with Crippen molar-refractivity contribution in [2.24, 2.45) is 0 Å². The molecule has 0 amide bonds. The van der Waals surface area contributed by atoms with Crippen LogP contribution in [-0.4, -0.2) is 39.5 Å². The molecule has 3 aromatic heterocycles. The molecule has 1 aromatic carbocycles. The quantitative estimate of drug-likeness (QED) is 0.340. The van der Waals surface area contributed by atoms with Crippen LogP contribution in [0, 0.1) is 6.92 Å². The smallest absolute Gasteiger partial charge is 0.348 e. The Balaban J connectivity index is 1.73. The zero-order chi connectivity index (χ0) is 21.1. The van der Waals surface area contributed by atoms with E-state index < -0.39 is 0 Å². The van der Waals surface area contributed by atoms with E-state index in [9.17, 15) is 4.79 Å². The van der Waals surface area contributed by atoms with Crippen molar-refractivity contribution in [3.63, 3.8) is 0 Å². The van der Waals surface area contributed by atoms with Crippen molar-refractivity contribution in [1.82, 2.24) is 15.0 Å². The van der Waals surface area contributed by atoms with Crippen molar-refractivity contribution in [3.8, 4) is 0 Å². The minimum absolute atomic E-state index is 0.0262. The first-order valence-electron chi connectivity index (χ1n) is 9.64. The molecule has 156 valence electrons. The minimum atomic E-state index is -0.311.